The molecule has 2 aromatic rings. The normalized spacial score (nSPS) is 23.7. The highest BCUT2D eigenvalue weighted by atomic mass is 35.5. The summed E-state index contributed by atoms with van der Waals surface area (Å²) in [4.78, 5) is 20.1. The Labute approximate surface area is 218 Å². The highest BCUT2D eigenvalue weighted by molar-refractivity contribution is 7.89. The number of sulfonamides is 1. The summed E-state index contributed by atoms with van der Waals surface area (Å²) in [7, 11) is -3.82. The first kappa shape index (κ1) is 26.2. The predicted molar refractivity (Wildman–Crippen MR) is 133 cm³/mol. The van der Waals surface area contributed by atoms with Crippen molar-refractivity contribution in [3.63, 3.8) is 0 Å². The van der Waals surface area contributed by atoms with Gasteiger partial charge in [-0.2, -0.15) is 17.5 Å². The lowest BCUT2D eigenvalue weighted by atomic mass is 9.88. The first-order valence-electron chi connectivity index (χ1n) is 12.1. The van der Waals surface area contributed by atoms with E-state index >= 15 is 0 Å². The van der Waals surface area contributed by atoms with Gasteiger partial charge in [-0.25, -0.2) is 13.4 Å². The Hall–Kier alpha value is -2.41. The van der Waals surface area contributed by atoms with Crippen LogP contribution in [0.3, 0.4) is 0 Å². The third kappa shape index (κ3) is 5.29. The number of alkyl halides is 3. The van der Waals surface area contributed by atoms with Crippen molar-refractivity contribution < 1.29 is 26.4 Å². The topological polar surface area (TPSA) is 85.8 Å². The molecule has 0 radical (unpaired) electrons. The molecule has 37 heavy (non-hydrogen) atoms. The Kier molecular flexibility index (Phi) is 6.88. The highest BCUT2D eigenvalue weighted by Gasteiger charge is 2.44. The van der Waals surface area contributed by atoms with Crippen LogP contribution < -0.4 is 15.1 Å². The zero-order valence-corrected chi connectivity index (χ0v) is 21.5. The lowest BCUT2D eigenvalue weighted by molar-refractivity contribution is -0.137. The van der Waals surface area contributed by atoms with Gasteiger partial charge in [0, 0.05) is 50.4 Å². The minimum atomic E-state index is -4.56. The zero-order chi connectivity index (χ0) is 26.4. The fraction of sp³-hybridized carbons (Fsp3) is 0.500. The second-order valence-electron chi connectivity index (χ2n) is 9.74. The number of carbonyl (C=O) groups is 1. The number of nitrogens with zero attached hydrogens (tertiary/aromatic N) is 4. The van der Waals surface area contributed by atoms with Gasteiger partial charge in [-0.15, -0.1) is 0 Å². The van der Waals surface area contributed by atoms with Crippen molar-refractivity contribution in [3.8, 4) is 0 Å². The molecule has 200 valence electrons. The van der Waals surface area contributed by atoms with E-state index in [1.54, 1.807) is 21.9 Å². The number of aromatic nitrogens is 1. The molecule has 0 bridgehead atoms. The van der Waals surface area contributed by atoms with Crippen LogP contribution in [0.5, 0.6) is 0 Å². The molecular weight excluding hydrogens is 531 g/mol. The SMILES string of the molecule is O=C1CC2(CCCCN2)CN1c1ccc(S(=O)(=O)N2CCN(c3cc(C(F)(F)F)cc(Cl)n3)CC2)cc1. The zero-order valence-electron chi connectivity index (χ0n) is 20.0. The number of nitrogens with one attached hydrogen (secondary N) is 1. The van der Waals surface area contributed by atoms with Gasteiger partial charge in [0.25, 0.3) is 0 Å². The fourth-order valence-electron chi connectivity index (χ4n) is 5.30. The molecule has 0 saturated carbocycles. The summed E-state index contributed by atoms with van der Waals surface area (Å²) in [6.45, 7) is 1.95. The van der Waals surface area contributed by atoms with Crippen LogP contribution in [0, 0.1) is 0 Å². The van der Waals surface area contributed by atoms with E-state index in [2.05, 4.69) is 10.3 Å². The quantitative estimate of drug-likeness (QED) is 0.579. The van der Waals surface area contributed by atoms with Crippen LogP contribution in [0.4, 0.5) is 24.7 Å². The van der Waals surface area contributed by atoms with Gasteiger partial charge in [-0.1, -0.05) is 18.0 Å². The standard InChI is InChI=1S/C24H27ClF3N5O3S/c25-20-13-17(24(26,27)28)14-21(30-20)31-9-11-32(12-10-31)37(35,36)19-5-3-18(4-6-19)33-16-23(15-22(33)34)7-1-2-8-29-23/h3-6,13-14,29H,1-2,7-12,15-16H2. The van der Waals surface area contributed by atoms with Crippen molar-refractivity contribution in [1.82, 2.24) is 14.6 Å². The number of hydrogen-bond acceptors (Lipinski definition) is 6. The predicted octanol–water partition coefficient (Wildman–Crippen LogP) is 3.51. The second kappa shape index (κ2) is 9.72. The number of carbonyl (C=O) groups excluding carboxylic acids is 1. The number of pyridine rings is 1. The van der Waals surface area contributed by atoms with Gasteiger partial charge in [0.2, 0.25) is 15.9 Å². The number of benzene rings is 1. The van der Waals surface area contributed by atoms with Crippen molar-refractivity contribution >= 4 is 39.0 Å². The van der Waals surface area contributed by atoms with Gasteiger partial charge < -0.3 is 15.1 Å². The Bertz CT molecular complexity index is 1280. The summed E-state index contributed by atoms with van der Waals surface area (Å²) >= 11 is 5.80. The smallest absolute Gasteiger partial charge is 0.354 e. The Morgan fingerprint density at radius 1 is 1.03 bits per heavy atom. The van der Waals surface area contributed by atoms with E-state index in [-0.39, 0.29) is 53.5 Å². The van der Waals surface area contributed by atoms with E-state index < -0.39 is 21.8 Å². The number of piperazine rings is 1. The fourth-order valence-corrected chi connectivity index (χ4v) is 6.92. The van der Waals surface area contributed by atoms with Crippen molar-refractivity contribution in [2.45, 2.75) is 42.3 Å². The minimum Gasteiger partial charge on any atom is -0.354 e. The van der Waals surface area contributed by atoms with E-state index in [1.165, 1.54) is 16.4 Å². The molecule has 8 nitrogen and oxygen atoms in total. The molecule has 3 aliphatic rings. The third-order valence-corrected chi connectivity index (χ3v) is 9.40. The highest BCUT2D eigenvalue weighted by Crippen LogP contribution is 2.35. The molecule has 1 spiro atoms. The van der Waals surface area contributed by atoms with E-state index in [1.807, 2.05) is 0 Å². The van der Waals surface area contributed by atoms with Crippen LogP contribution >= 0.6 is 11.6 Å². The van der Waals surface area contributed by atoms with Crippen LogP contribution in [0.25, 0.3) is 0 Å². The number of hydrogen-bond donors (Lipinski definition) is 1. The lowest BCUT2D eigenvalue weighted by Crippen LogP contribution is -2.50. The van der Waals surface area contributed by atoms with Gasteiger partial charge in [-0.05, 0) is 55.8 Å². The van der Waals surface area contributed by atoms with Gasteiger partial charge in [0.05, 0.1) is 10.5 Å². The lowest BCUT2D eigenvalue weighted by Gasteiger charge is -2.35. The molecule has 13 heteroatoms. The summed E-state index contributed by atoms with van der Waals surface area (Å²) in [5, 5.41) is 3.22. The molecule has 1 N–H and O–H groups in total. The van der Waals surface area contributed by atoms with Crippen LogP contribution in [0.15, 0.2) is 41.3 Å². The number of piperidine rings is 1. The molecule has 1 unspecified atom stereocenters. The van der Waals surface area contributed by atoms with Gasteiger partial charge >= 0.3 is 6.18 Å². The first-order valence-corrected chi connectivity index (χ1v) is 13.9. The van der Waals surface area contributed by atoms with Crippen molar-refractivity contribution in [1.29, 1.82) is 0 Å². The Morgan fingerprint density at radius 2 is 1.73 bits per heavy atom. The number of rotatable bonds is 4. The molecule has 0 aliphatic carbocycles. The van der Waals surface area contributed by atoms with E-state index in [4.69, 9.17) is 11.6 Å². The van der Waals surface area contributed by atoms with Gasteiger partial charge in [-0.3, -0.25) is 4.79 Å². The molecule has 5 rings (SSSR count). The maximum Gasteiger partial charge on any atom is 0.416 e. The van der Waals surface area contributed by atoms with E-state index in [9.17, 15) is 26.4 Å². The monoisotopic (exact) mass is 557 g/mol. The summed E-state index contributed by atoms with van der Waals surface area (Å²) < 4.78 is 67.2. The summed E-state index contributed by atoms with van der Waals surface area (Å²) in [6.07, 6.45) is -1.01. The van der Waals surface area contributed by atoms with Crippen molar-refractivity contribution in [2.75, 3.05) is 49.1 Å². The first-order chi connectivity index (χ1) is 17.5. The molecule has 3 aliphatic heterocycles. The van der Waals surface area contributed by atoms with Crippen molar-refractivity contribution in [2.24, 2.45) is 0 Å². The van der Waals surface area contributed by atoms with E-state index in [0.29, 0.717) is 18.7 Å². The maximum atomic E-state index is 13.2. The average molecular weight is 558 g/mol. The average Bonchev–Trinajstić information content (AvgIpc) is 3.18. The summed E-state index contributed by atoms with van der Waals surface area (Å²) in [5.41, 5.74) is -0.455. The number of halogens is 4. The summed E-state index contributed by atoms with van der Waals surface area (Å²) in [5.74, 6) is 0.0752. The number of amides is 1. The molecule has 3 saturated heterocycles. The molecule has 3 fully saturated rings. The summed E-state index contributed by atoms with van der Waals surface area (Å²) in [6, 6.07) is 7.97. The Morgan fingerprint density at radius 3 is 2.35 bits per heavy atom. The third-order valence-electron chi connectivity index (χ3n) is 7.29. The van der Waals surface area contributed by atoms with E-state index in [0.717, 1.165) is 37.9 Å². The largest absolute Gasteiger partial charge is 0.416 e. The molecular formula is C24H27ClF3N5O3S. The molecule has 1 atom stereocenters. The molecule has 1 aromatic heterocycles. The second-order valence-corrected chi connectivity index (χ2v) is 12.1. The molecule has 4 heterocycles. The van der Waals surface area contributed by atoms with Gasteiger partial charge in [0.15, 0.2) is 0 Å². The van der Waals surface area contributed by atoms with Gasteiger partial charge in [0.1, 0.15) is 11.0 Å². The van der Waals surface area contributed by atoms with Crippen LogP contribution in [-0.4, -0.2) is 68.4 Å². The maximum absolute atomic E-state index is 13.2. The van der Waals surface area contributed by atoms with Crippen molar-refractivity contribution in [3.05, 3.63) is 47.1 Å². The van der Waals surface area contributed by atoms with Crippen LogP contribution in [0.2, 0.25) is 5.15 Å². The molecule has 1 amide bonds. The van der Waals surface area contributed by atoms with Crippen LogP contribution in [-0.2, 0) is 21.0 Å². The molecule has 1 aromatic carbocycles. The Balaban J connectivity index is 1.25. The minimum absolute atomic E-state index is 0.0180. The number of anilines is 2. The van der Waals surface area contributed by atoms with Crippen LogP contribution in [0.1, 0.15) is 31.2 Å².